The molecule has 1 heterocycles. The Morgan fingerprint density at radius 3 is 2.26 bits per heavy atom. The number of rotatable bonds is 2. The average molecular weight is 269 g/mol. The molecule has 0 aromatic heterocycles. The van der Waals surface area contributed by atoms with E-state index in [9.17, 15) is 9.90 Å². The topological polar surface area (TPSA) is 49.8 Å². The molecule has 0 aromatic carbocycles. The Bertz CT molecular complexity index is 334. The lowest BCUT2D eigenvalue weighted by atomic mass is 9.90. The molecule has 1 N–H and O–H groups in total. The van der Waals surface area contributed by atoms with Crippen LogP contribution in [0.25, 0.3) is 0 Å². The molecule has 4 heteroatoms. The quantitative estimate of drug-likeness (QED) is 0.784. The van der Waals surface area contributed by atoms with Crippen LogP contribution >= 0.6 is 0 Å². The number of piperidine rings is 1. The number of hydrogen-bond donors (Lipinski definition) is 1. The van der Waals surface area contributed by atoms with Crippen molar-refractivity contribution in [3.8, 4) is 0 Å². The Balaban J connectivity index is 2.51. The van der Waals surface area contributed by atoms with Crippen molar-refractivity contribution in [2.24, 2.45) is 5.92 Å². The number of aliphatic hydroxyl groups is 1. The molecule has 1 rings (SSSR count). The van der Waals surface area contributed by atoms with E-state index in [1.165, 1.54) is 0 Å². The lowest BCUT2D eigenvalue weighted by Gasteiger charge is -2.37. The molecule has 0 unspecified atom stereocenters. The second kappa shape index (κ2) is 5.95. The van der Waals surface area contributed by atoms with E-state index in [0.717, 1.165) is 0 Å². The van der Waals surface area contributed by atoms with Crippen molar-refractivity contribution in [1.29, 1.82) is 0 Å². The molecule has 1 aliphatic rings. The number of amides is 1. The van der Waals surface area contributed by atoms with Crippen LogP contribution in [-0.4, -0.2) is 40.4 Å². The molecule has 0 aromatic rings. The van der Waals surface area contributed by atoms with E-state index in [1.807, 2.05) is 32.9 Å². The van der Waals surface area contributed by atoms with E-state index in [4.69, 9.17) is 4.74 Å². The first kappa shape index (κ1) is 16.0. The smallest absolute Gasteiger partial charge is 0.410 e. The maximum atomic E-state index is 11.9. The van der Waals surface area contributed by atoms with Crippen LogP contribution in [0.15, 0.2) is 12.2 Å². The van der Waals surface area contributed by atoms with E-state index in [0.29, 0.717) is 31.8 Å². The minimum absolute atomic E-state index is 0.289. The fourth-order valence-corrected chi connectivity index (χ4v) is 1.94. The highest BCUT2D eigenvalue weighted by Gasteiger charge is 2.33. The Morgan fingerprint density at radius 2 is 1.84 bits per heavy atom. The highest BCUT2D eigenvalue weighted by Crippen LogP contribution is 2.25. The molecule has 1 fully saturated rings. The fraction of sp³-hybridized carbons (Fsp3) is 0.800. The summed E-state index contributed by atoms with van der Waals surface area (Å²) >= 11 is 0. The summed E-state index contributed by atoms with van der Waals surface area (Å²) in [7, 11) is 0. The van der Waals surface area contributed by atoms with Gasteiger partial charge in [-0.05, 0) is 39.5 Å². The Kier molecular flexibility index (Phi) is 5.02. The fourth-order valence-electron chi connectivity index (χ4n) is 1.94. The van der Waals surface area contributed by atoms with Crippen molar-refractivity contribution in [2.45, 2.75) is 58.7 Å². The molecule has 1 aliphatic heterocycles. The zero-order valence-corrected chi connectivity index (χ0v) is 12.8. The summed E-state index contributed by atoms with van der Waals surface area (Å²) in [5.41, 5.74) is -1.24. The standard InChI is InChI=1S/C15H27NO3/c1-12(2)6-7-15(18)8-10-16(11-9-15)13(17)19-14(3,4)5/h6-7,12,18H,8-11H2,1-5H3. The summed E-state index contributed by atoms with van der Waals surface area (Å²) in [5, 5.41) is 10.4. The van der Waals surface area contributed by atoms with Gasteiger partial charge < -0.3 is 14.7 Å². The second-order valence-corrected chi connectivity index (χ2v) is 6.67. The summed E-state index contributed by atoms with van der Waals surface area (Å²) in [6, 6.07) is 0. The van der Waals surface area contributed by atoms with Crippen LogP contribution in [0, 0.1) is 5.92 Å². The van der Waals surface area contributed by atoms with Crippen molar-refractivity contribution in [2.75, 3.05) is 13.1 Å². The average Bonchev–Trinajstić information content (AvgIpc) is 2.25. The van der Waals surface area contributed by atoms with Gasteiger partial charge in [0, 0.05) is 13.1 Å². The van der Waals surface area contributed by atoms with E-state index in [2.05, 4.69) is 13.8 Å². The number of likely N-dealkylation sites (tertiary alicyclic amines) is 1. The SMILES string of the molecule is CC(C)C=CC1(O)CCN(C(=O)OC(C)(C)C)CC1. The highest BCUT2D eigenvalue weighted by molar-refractivity contribution is 5.68. The molecule has 1 amide bonds. The lowest BCUT2D eigenvalue weighted by Crippen LogP contribution is -2.47. The minimum Gasteiger partial charge on any atom is -0.444 e. The molecule has 1 saturated heterocycles. The number of carbonyl (C=O) groups is 1. The van der Waals surface area contributed by atoms with E-state index < -0.39 is 11.2 Å². The summed E-state index contributed by atoms with van der Waals surface area (Å²) < 4.78 is 5.33. The molecule has 0 atom stereocenters. The monoisotopic (exact) mass is 269 g/mol. The Labute approximate surface area is 116 Å². The molecular weight excluding hydrogens is 242 g/mol. The first-order chi connectivity index (χ1) is 8.61. The van der Waals surface area contributed by atoms with Gasteiger partial charge in [0.25, 0.3) is 0 Å². The van der Waals surface area contributed by atoms with Gasteiger partial charge in [-0.3, -0.25) is 0 Å². The van der Waals surface area contributed by atoms with Gasteiger partial charge >= 0.3 is 6.09 Å². The summed E-state index contributed by atoms with van der Waals surface area (Å²) in [4.78, 5) is 13.6. The summed E-state index contributed by atoms with van der Waals surface area (Å²) in [6.07, 6.45) is 4.74. The van der Waals surface area contributed by atoms with Gasteiger partial charge in [-0.1, -0.05) is 26.0 Å². The van der Waals surface area contributed by atoms with Crippen LogP contribution < -0.4 is 0 Å². The van der Waals surface area contributed by atoms with Crippen LogP contribution in [0.2, 0.25) is 0 Å². The molecule has 0 spiro atoms. The minimum atomic E-state index is -0.775. The molecule has 19 heavy (non-hydrogen) atoms. The first-order valence-electron chi connectivity index (χ1n) is 7.01. The maximum Gasteiger partial charge on any atom is 0.410 e. The zero-order chi connectivity index (χ0) is 14.7. The molecule has 110 valence electrons. The van der Waals surface area contributed by atoms with Gasteiger partial charge in [-0.25, -0.2) is 4.79 Å². The van der Waals surface area contributed by atoms with Gasteiger partial charge in [-0.15, -0.1) is 0 Å². The Hall–Kier alpha value is -1.03. The maximum absolute atomic E-state index is 11.9. The van der Waals surface area contributed by atoms with Gasteiger partial charge in [-0.2, -0.15) is 0 Å². The lowest BCUT2D eigenvalue weighted by molar-refractivity contribution is -0.00871. The van der Waals surface area contributed by atoms with Crippen LogP contribution in [0.3, 0.4) is 0 Å². The van der Waals surface area contributed by atoms with E-state index >= 15 is 0 Å². The summed E-state index contributed by atoms with van der Waals surface area (Å²) in [5.74, 6) is 0.424. The van der Waals surface area contributed by atoms with Crippen LogP contribution in [-0.2, 0) is 4.74 Å². The molecule has 0 radical (unpaired) electrons. The number of hydrogen-bond acceptors (Lipinski definition) is 3. The molecule has 4 nitrogen and oxygen atoms in total. The van der Waals surface area contributed by atoms with Crippen LogP contribution in [0.5, 0.6) is 0 Å². The van der Waals surface area contributed by atoms with Crippen LogP contribution in [0.4, 0.5) is 4.79 Å². The third-order valence-electron chi connectivity index (χ3n) is 3.07. The molecule has 0 bridgehead atoms. The van der Waals surface area contributed by atoms with E-state index in [-0.39, 0.29) is 6.09 Å². The van der Waals surface area contributed by atoms with Gasteiger partial charge in [0.1, 0.15) is 5.60 Å². The largest absolute Gasteiger partial charge is 0.444 e. The molecule has 0 saturated carbocycles. The zero-order valence-electron chi connectivity index (χ0n) is 12.8. The molecular formula is C15H27NO3. The second-order valence-electron chi connectivity index (χ2n) is 6.67. The van der Waals surface area contributed by atoms with Crippen LogP contribution in [0.1, 0.15) is 47.5 Å². The Morgan fingerprint density at radius 1 is 1.32 bits per heavy atom. The number of carbonyl (C=O) groups excluding carboxylic acids is 1. The third-order valence-corrected chi connectivity index (χ3v) is 3.07. The van der Waals surface area contributed by atoms with E-state index in [1.54, 1.807) is 4.90 Å². The van der Waals surface area contributed by atoms with Crippen molar-refractivity contribution >= 4 is 6.09 Å². The van der Waals surface area contributed by atoms with Gasteiger partial charge in [0.15, 0.2) is 0 Å². The predicted molar refractivity (Wildman–Crippen MR) is 76.0 cm³/mol. The highest BCUT2D eigenvalue weighted by atomic mass is 16.6. The number of allylic oxidation sites excluding steroid dienone is 1. The molecule has 0 aliphatic carbocycles. The first-order valence-corrected chi connectivity index (χ1v) is 7.01. The van der Waals surface area contributed by atoms with Crippen molar-refractivity contribution in [1.82, 2.24) is 4.90 Å². The number of nitrogens with zero attached hydrogens (tertiary/aromatic N) is 1. The van der Waals surface area contributed by atoms with Gasteiger partial charge in [0.05, 0.1) is 5.60 Å². The van der Waals surface area contributed by atoms with Crippen molar-refractivity contribution in [3.05, 3.63) is 12.2 Å². The number of ether oxygens (including phenoxy) is 1. The van der Waals surface area contributed by atoms with Crippen molar-refractivity contribution in [3.63, 3.8) is 0 Å². The van der Waals surface area contributed by atoms with Crippen molar-refractivity contribution < 1.29 is 14.6 Å². The summed E-state index contributed by atoms with van der Waals surface area (Å²) in [6.45, 7) is 10.8. The third kappa shape index (κ3) is 5.64. The normalized spacial score (nSPS) is 20.1. The van der Waals surface area contributed by atoms with Gasteiger partial charge in [0.2, 0.25) is 0 Å². The predicted octanol–water partition coefficient (Wildman–Crippen LogP) is 2.96.